The second-order valence-corrected chi connectivity index (χ2v) is 4.16. The Hall–Kier alpha value is -3.20. The first kappa shape index (κ1) is 11.9. The first-order valence-corrected chi connectivity index (χ1v) is 5.83. The summed E-state index contributed by atoms with van der Waals surface area (Å²) in [6, 6.07) is 13.6. The number of hydrogen-bond acceptors (Lipinski definition) is 4. The monoisotopic (exact) mass is 264 g/mol. The zero-order chi connectivity index (χ0) is 14.1. The van der Waals surface area contributed by atoms with Crippen LogP contribution in [-0.4, -0.2) is 14.3 Å². The molecule has 2 aromatic heterocycles. The average Bonchev–Trinajstić information content (AvgIpc) is 2.86. The number of fused-ring (bicyclic) bond motifs is 1. The number of aromatic nitrogens is 2. The van der Waals surface area contributed by atoms with Crippen molar-refractivity contribution >= 4 is 11.3 Å². The standard InChI is InChI=1S/C14H8N4O2/c15-9-12-14(16-13-6-1-2-7-17(12)13)10-4-3-5-11(8-10)18(19)20/h1-8H. The summed E-state index contributed by atoms with van der Waals surface area (Å²) in [5, 5.41) is 20.1. The molecule has 20 heavy (non-hydrogen) atoms. The molecular weight excluding hydrogens is 256 g/mol. The highest BCUT2D eigenvalue weighted by molar-refractivity contribution is 5.71. The smallest absolute Gasteiger partial charge is 0.270 e. The second-order valence-electron chi connectivity index (χ2n) is 4.16. The largest absolute Gasteiger partial charge is 0.291 e. The Kier molecular flexibility index (Phi) is 2.66. The van der Waals surface area contributed by atoms with Gasteiger partial charge in [-0.25, -0.2) is 4.98 Å². The molecule has 0 saturated heterocycles. The van der Waals surface area contributed by atoms with Gasteiger partial charge in [0.1, 0.15) is 17.4 Å². The van der Waals surface area contributed by atoms with Gasteiger partial charge in [0.25, 0.3) is 5.69 Å². The van der Waals surface area contributed by atoms with E-state index in [0.29, 0.717) is 22.6 Å². The summed E-state index contributed by atoms with van der Waals surface area (Å²) in [6.45, 7) is 0. The summed E-state index contributed by atoms with van der Waals surface area (Å²) in [7, 11) is 0. The fraction of sp³-hybridized carbons (Fsp3) is 0. The molecule has 0 amide bonds. The highest BCUT2D eigenvalue weighted by Gasteiger charge is 2.15. The van der Waals surface area contributed by atoms with Gasteiger partial charge in [0, 0.05) is 23.9 Å². The Balaban J connectivity index is 2.27. The topological polar surface area (TPSA) is 84.2 Å². The van der Waals surface area contributed by atoms with Crippen LogP contribution < -0.4 is 0 Å². The molecule has 0 aliphatic heterocycles. The van der Waals surface area contributed by atoms with E-state index >= 15 is 0 Å². The van der Waals surface area contributed by atoms with Gasteiger partial charge in [-0.3, -0.25) is 14.5 Å². The maximum absolute atomic E-state index is 10.8. The van der Waals surface area contributed by atoms with E-state index in [-0.39, 0.29) is 5.69 Å². The molecule has 3 aromatic rings. The van der Waals surface area contributed by atoms with Crippen molar-refractivity contribution in [3.8, 4) is 17.3 Å². The van der Waals surface area contributed by atoms with E-state index in [1.54, 1.807) is 34.9 Å². The lowest BCUT2D eigenvalue weighted by Gasteiger charge is -1.98. The van der Waals surface area contributed by atoms with Crippen molar-refractivity contribution in [1.82, 2.24) is 9.38 Å². The third-order valence-corrected chi connectivity index (χ3v) is 2.97. The Labute approximate surface area is 113 Å². The third kappa shape index (κ3) is 1.78. The lowest BCUT2D eigenvalue weighted by molar-refractivity contribution is -0.384. The molecule has 0 bridgehead atoms. The minimum absolute atomic E-state index is 0.0246. The predicted molar refractivity (Wildman–Crippen MR) is 72.0 cm³/mol. The number of nitro benzene ring substituents is 1. The van der Waals surface area contributed by atoms with Crippen molar-refractivity contribution < 1.29 is 4.92 Å². The molecule has 0 radical (unpaired) electrons. The summed E-state index contributed by atoms with van der Waals surface area (Å²) in [6.07, 6.45) is 1.74. The molecule has 2 heterocycles. The van der Waals surface area contributed by atoms with E-state index in [4.69, 9.17) is 0 Å². The summed E-state index contributed by atoms with van der Waals surface area (Å²) in [4.78, 5) is 14.7. The summed E-state index contributed by atoms with van der Waals surface area (Å²) < 4.78 is 1.66. The van der Waals surface area contributed by atoms with Crippen LogP contribution in [-0.2, 0) is 0 Å². The number of non-ortho nitro benzene ring substituents is 1. The molecular formula is C14H8N4O2. The number of nitro groups is 1. The fourth-order valence-electron chi connectivity index (χ4n) is 2.07. The van der Waals surface area contributed by atoms with Gasteiger partial charge in [-0.2, -0.15) is 5.26 Å². The van der Waals surface area contributed by atoms with Crippen LogP contribution in [0.15, 0.2) is 48.7 Å². The highest BCUT2D eigenvalue weighted by Crippen LogP contribution is 2.26. The second kappa shape index (κ2) is 4.48. The van der Waals surface area contributed by atoms with Crippen LogP contribution in [0.5, 0.6) is 0 Å². The fourth-order valence-corrected chi connectivity index (χ4v) is 2.07. The van der Waals surface area contributed by atoms with Crippen LogP contribution in [0.4, 0.5) is 5.69 Å². The van der Waals surface area contributed by atoms with Gasteiger partial charge >= 0.3 is 0 Å². The Morgan fingerprint density at radius 2 is 2.10 bits per heavy atom. The Bertz CT molecular complexity index is 861. The van der Waals surface area contributed by atoms with Crippen molar-refractivity contribution in [2.24, 2.45) is 0 Å². The van der Waals surface area contributed by atoms with Gasteiger partial charge < -0.3 is 0 Å². The highest BCUT2D eigenvalue weighted by atomic mass is 16.6. The van der Waals surface area contributed by atoms with Crippen molar-refractivity contribution in [3.63, 3.8) is 0 Å². The first-order chi connectivity index (χ1) is 9.70. The number of pyridine rings is 1. The summed E-state index contributed by atoms with van der Waals surface area (Å²) >= 11 is 0. The van der Waals surface area contributed by atoms with Gasteiger partial charge in [0.2, 0.25) is 0 Å². The molecule has 0 saturated carbocycles. The van der Waals surface area contributed by atoms with E-state index in [2.05, 4.69) is 11.1 Å². The van der Waals surface area contributed by atoms with Crippen LogP contribution in [0.2, 0.25) is 0 Å². The van der Waals surface area contributed by atoms with Gasteiger partial charge in [-0.05, 0) is 12.1 Å². The lowest BCUT2D eigenvalue weighted by Crippen LogP contribution is -1.90. The van der Waals surface area contributed by atoms with Gasteiger partial charge in [0.15, 0.2) is 5.69 Å². The van der Waals surface area contributed by atoms with E-state index < -0.39 is 4.92 Å². The van der Waals surface area contributed by atoms with Crippen molar-refractivity contribution in [1.29, 1.82) is 5.26 Å². The predicted octanol–water partition coefficient (Wildman–Crippen LogP) is 2.78. The normalized spacial score (nSPS) is 10.3. The van der Waals surface area contributed by atoms with E-state index in [9.17, 15) is 15.4 Å². The summed E-state index contributed by atoms with van der Waals surface area (Å²) in [5.74, 6) is 0. The van der Waals surface area contributed by atoms with Crippen LogP contribution in [0.25, 0.3) is 16.9 Å². The van der Waals surface area contributed by atoms with Gasteiger partial charge in [-0.15, -0.1) is 0 Å². The van der Waals surface area contributed by atoms with Crippen molar-refractivity contribution in [3.05, 3.63) is 64.5 Å². The molecule has 96 valence electrons. The zero-order valence-electron chi connectivity index (χ0n) is 10.2. The third-order valence-electron chi connectivity index (χ3n) is 2.97. The Morgan fingerprint density at radius 3 is 2.85 bits per heavy atom. The summed E-state index contributed by atoms with van der Waals surface area (Å²) in [5.41, 5.74) is 1.97. The zero-order valence-corrected chi connectivity index (χ0v) is 10.2. The van der Waals surface area contributed by atoms with E-state index in [0.717, 1.165) is 0 Å². The number of nitrogens with zero attached hydrogens (tertiary/aromatic N) is 4. The van der Waals surface area contributed by atoms with E-state index in [1.807, 2.05) is 6.07 Å². The van der Waals surface area contributed by atoms with Crippen LogP contribution in [0.1, 0.15) is 5.69 Å². The maximum Gasteiger partial charge on any atom is 0.270 e. The molecule has 6 nitrogen and oxygen atoms in total. The molecule has 3 rings (SSSR count). The number of rotatable bonds is 2. The number of nitriles is 1. The average molecular weight is 264 g/mol. The number of imidazole rings is 1. The van der Waals surface area contributed by atoms with Gasteiger partial charge in [-0.1, -0.05) is 18.2 Å². The minimum Gasteiger partial charge on any atom is -0.291 e. The van der Waals surface area contributed by atoms with Crippen molar-refractivity contribution in [2.75, 3.05) is 0 Å². The van der Waals surface area contributed by atoms with E-state index in [1.165, 1.54) is 12.1 Å². The molecule has 0 atom stereocenters. The molecule has 1 aromatic carbocycles. The van der Waals surface area contributed by atoms with Crippen LogP contribution in [0.3, 0.4) is 0 Å². The molecule has 0 unspecified atom stereocenters. The Morgan fingerprint density at radius 1 is 1.25 bits per heavy atom. The quantitative estimate of drug-likeness (QED) is 0.526. The molecule has 0 fully saturated rings. The molecule has 0 aliphatic carbocycles. The van der Waals surface area contributed by atoms with Crippen LogP contribution >= 0.6 is 0 Å². The SMILES string of the molecule is N#Cc1c(-c2cccc([N+](=O)[O-])c2)nc2ccccn12. The molecule has 0 N–H and O–H groups in total. The van der Waals surface area contributed by atoms with Crippen LogP contribution in [0, 0.1) is 21.4 Å². The van der Waals surface area contributed by atoms with Crippen molar-refractivity contribution in [2.45, 2.75) is 0 Å². The molecule has 0 aliphatic rings. The number of hydrogen-bond donors (Lipinski definition) is 0. The molecule has 0 spiro atoms. The lowest BCUT2D eigenvalue weighted by atomic mass is 10.1. The minimum atomic E-state index is -0.467. The number of benzene rings is 1. The first-order valence-electron chi connectivity index (χ1n) is 5.83. The van der Waals surface area contributed by atoms with Gasteiger partial charge in [0.05, 0.1) is 4.92 Å². The maximum atomic E-state index is 10.8. The molecule has 6 heteroatoms.